The van der Waals surface area contributed by atoms with E-state index in [2.05, 4.69) is 10.6 Å². The summed E-state index contributed by atoms with van der Waals surface area (Å²) in [6.07, 6.45) is 4.46. The molecule has 2 aliphatic rings. The van der Waals surface area contributed by atoms with Gasteiger partial charge in [-0.15, -0.1) is 0 Å². The Morgan fingerprint density at radius 2 is 1.72 bits per heavy atom. The fourth-order valence-corrected chi connectivity index (χ4v) is 4.59. The fourth-order valence-electron chi connectivity index (χ4n) is 4.59. The minimum Gasteiger partial charge on any atom is -0.349 e. The molecule has 0 saturated carbocycles. The summed E-state index contributed by atoms with van der Waals surface area (Å²) in [5.41, 5.74) is 1.40. The van der Waals surface area contributed by atoms with E-state index in [9.17, 15) is 14.0 Å². The molecule has 2 N–H and O–H groups in total. The van der Waals surface area contributed by atoms with E-state index < -0.39 is 5.82 Å². The van der Waals surface area contributed by atoms with E-state index >= 15 is 0 Å². The maximum absolute atomic E-state index is 13.4. The maximum atomic E-state index is 13.4. The summed E-state index contributed by atoms with van der Waals surface area (Å²) in [7, 11) is 0. The zero-order chi connectivity index (χ0) is 20.2. The normalized spacial score (nSPS) is 23.3. The van der Waals surface area contributed by atoms with Gasteiger partial charge in [0.2, 0.25) is 0 Å². The summed E-state index contributed by atoms with van der Waals surface area (Å²) in [6, 6.07) is 15.8. The van der Waals surface area contributed by atoms with Gasteiger partial charge in [-0.1, -0.05) is 36.4 Å². The molecular formula is C23H26FN3O2. The summed E-state index contributed by atoms with van der Waals surface area (Å²) in [4.78, 5) is 27.3. The number of nitrogens with zero attached hydrogens (tertiary/aromatic N) is 1. The lowest BCUT2D eigenvalue weighted by Crippen LogP contribution is -2.60. The molecule has 3 amide bonds. The number of carbonyl (C=O) groups excluding carboxylic acids is 2. The van der Waals surface area contributed by atoms with Gasteiger partial charge in [0.25, 0.3) is 5.91 Å². The Morgan fingerprint density at radius 3 is 2.41 bits per heavy atom. The minimum absolute atomic E-state index is 0.000703. The van der Waals surface area contributed by atoms with Crippen molar-refractivity contribution in [3.63, 3.8) is 0 Å². The molecule has 5 nitrogen and oxygen atoms in total. The van der Waals surface area contributed by atoms with Crippen molar-refractivity contribution < 1.29 is 14.0 Å². The molecular weight excluding hydrogens is 369 g/mol. The maximum Gasteiger partial charge on any atom is 0.318 e. The van der Waals surface area contributed by atoms with E-state index in [0.717, 1.165) is 37.7 Å². The first-order valence-corrected chi connectivity index (χ1v) is 10.3. The largest absolute Gasteiger partial charge is 0.349 e. The lowest BCUT2D eigenvalue weighted by molar-refractivity contribution is 0.0522. The highest BCUT2D eigenvalue weighted by atomic mass is 19.1. The van der Waals surface area contributed by atoms with Gasteiger partial charge in [-0.25, -0.2) is 9.18 Å². The first-order valence-electron chi connectivity index (χ1n) is 10.3. The van der Waals surface area contributed by atoms with Crippen molar-refractivity contribution in [2.24, 2.45) is 0 Å². The number of piperidine rings is 2. The number of hydrogen-bond acceptors (Lipinski definition) is 2. The van der Waals surface area contributed by atoms with Crippen LogP contribution >= 0.6 is 0 Å². The van der Waals surface area contributed by atoms with Crippen molar-refractivity contribution in [3.05, 3.63) is 71.5 Å². The lowest BCUT2D eigenvalue weighted by Gasteiger charge is -2.48. The Hall–Kier alpha value is -2.89. The third kappa shape index (κ3) is 4.58. The Labute approximate surface area is 170 Å². The molecule has 2 atom stereocenters. The first kappa shape index (κ1) is 19.4. The molecule has 2 heterocycles. The molecule has 2 saturated heterocycles. The SMILES string of the molecule is O=C(NC1C[C@H]2CCC[C@H](C1)N2C(=O)NCc1ccccc1)c1cccc(F)c1. The van der Waals surface area contributed by atoms with E-state index in [0.29, 0.717) is 12.1 Å². The zero-order valence-electron chi connectivity index (χ0n) is 16.3. The van der Waals surface area contributed by atoms with Crippen LogP contribution in [0.1, 0.15) is 48.0 Å². The van der Waals surface area contributed by atoms with Crippen LogP contribution in [0.4, 0.5) is 9.18 Å². The third-order valence-corrected chi connectivity index (χ3v) is 5.92. The number of carbonyl (C=O) groups is 2. The number of halogens is 1. The first-order chi connectivity index (χ1) is 14.1. The van der Waals surface area contributed by atoms with Crippen LogP contribution in [0.3, 0.4) is 0 Å². The molecule has 0 radical (unpaired) electrons. The van der Waals surface area contributed by atoms with Crippen LogP contribution in [0.2, 0.25) is 0 Å². The molecule has 2 aliphatic heterocycles. The molecule has 2 aromatic carbocycles. The summed E-state index contributed by atoms with van der Waals surface area (Å²) in [5.74, 6) is -0.672. The Balaban J connectivity index is 1.37. The highest BCUT2D eigenvalue weighted by molar-refractivity contribution is 5.94. The molecule has 6 heteroatoms. The second-order valence-corrected chi connectivity index (χ2v) is 7.94. The van der Waals surface area contributed by atoms with E-state index in [-0.39, 0.29) is 30.1 Å². The summed E-state index contributed by atoms with van der Waals surface area (Å²) in [5, 5.41) is 6.09. The molecule has 0 spiro atoms. The molecule has 2 bridgehead atoms. The van der Waals surface area contributed by atoms with E-state index in [1.165, 1.54) is 12.1 Å². The second kappa shape index (κ2) is 8.64. The van der Waals surface area contributed by atoms with Crippen molar-refractivity contribution >= 4 is 11.9 Å². The number of fused-ring (bicyclic) bond motifs is 2. The number of nitrogens with one attached hydrogen (secondary N) is 2. The number of amides is 3. The Kier molecular flexibility index (Phi) is 5.79. The van der Waals surface area contributed by atoms with Gasteiger partial charge in [-0.05, 0) is 55.9 Å². The minimum atomic E-state index is -0.417. The highest BCUT2D eigenvalue weighted by Gasteiger charge is 2.41. The average Bonchev–Trinajstić information content (AvgIpc) is 2.72. The topological polar surface area (TPSA) is 61.4 Å². The predicted octanol–water partition coefficient (Wildman–Crippen LogP) is 3.85. The molecule has 2 fully saturated rings. The van der Waals surface area contributed by atoms with E-state index in [1.54, 1.807) is 12.1 Å². The van der Waals surface area contributed by atoms with Crippen molar-refractivity contribution in [2.45, 2.75) is 56.8 Å². The van der Waals surface area contributed by atoms with Gasteiger partial charge in [0.05, 0.1) is 0 Å². The molecule has 0 unspecified atom stereocenters. The van der Waals surface area contributed by atoms with Crippen LogP contribution in [0.25, 0.3) is 0 Å². The van der Waals surface area contributed by atoms with Crippen LogP contribution < -0.4 is 10.6 Å². The van der Waals surface area contributed by atoms with Crippen LogP contribution in [0, 0.1) is 5.82 Å². The summed E-state index contributed by atoms with van der Waals surface area (Å²) >= 11 is 0. The predicted molar refractivity (Wildman–Crippen MR) is 109 cm³/mol. The van der Waals surface area contributed by atoms with Crippen molar-refractivity contribution in [1.82, 2.24) is 15.5 Å². The van der Waals surface area contributed by atoms with Crippen molar-refractivity contribution in [1.29, 1.82) is 0 Å². The van der Waals surface area contributed by atoms with Gasteiger partial charge in [0.1, 0.15) is 5.82 Å². The van der Waals surface area contributed by atoms with Crippen molar-refractivity contribution in [3.8, 4) is 0 Å². The zero-order valence-corrected chi connectivity index (χ0v) is 16.3. The molecule has 152 valence electrons. The summed E-state index contributed by atoms with van der Waals surface area (Å²) < 4.78 is 13.4. The van der Waals surface area contributed by atoms with Crippen molar-refractivity contribution in [2.75, 3.05) is 0 Å². The average molecular weight is 395 g/mol. The number of rotatable bonds is 4. The fraction of sp³-hybridized carbons (Fsp3) is 0.391. The molecule has 0 aliphatic carbocycles. The van der Waals surface area contributed by atoms with Gasteiger partial charge in [0.15, 0.2) is 0 Å². The Morgan fingerprint density at radius 1 is 1.00 bits per heavy atom. The molecule has 4 rings (SSSR count). The number of urea groups is 1. The van der Waals surface area contributed by atoms with Gasteiger partial charge in [0, 0.05) is 30.2 Å². The molecule has 29 heavy (non-hydrogen) atoms. The van der Waals surface area contributed by atoms with Gasteiger partial charge in [-0.3, -0.25) is 4.79 Å². The van der Waals surface area contributed by atoms with Crippen LogP contribution in [0.15, 0.2) is 54.6 Å². The van der Waals surface area contributed by atoms with E-state index in [4.69, 9.17) is 0 Å². The second-order valence-electron chi connectivity index (χ2n) is 7.94. The highest BCUT2D eigenvalue weighted by Crippen LogP contribution is 2.34. The van der Waals surface area contributed by atoms with Crippen LogP contribution in [0.5, 0.6) is 0 Å². The number of hydrogen-bond donors (Lipinski definition) is 2. The monoisotopic (exact) mass is 395 g/mol. The molecule has 0 aromatic heterocycles. The summed E-state index contributed by atoms with van der Waals surface area (Å²) in [6.45, 7) is 0.509. The quantitative estimate of drug-likeness (QED) is 0.826. The Bertz CT molecular complexity index is 859. The smallest absolute Gasteiger partial charge is 0.318 e. The van der Waals surface area contributed by atoms with Crippen LogP contribution in [-0.4, -0.2) is 35.0 Å². The number of benzene rings is 2. The lowest BCUT2D eigenvalue weighted by atomic mass is 9.82. The standard InChI is InChI=1S/C23H26FN3O2/c24-18-9-4-8-17(12-18)22(28)26-19-13-20-10-5-11-21(14-19)27(20)23(29)25-15-16-6-2-1-3-7-16/h1-4,6-9,12,19-21H,5,10-11,13-15H2,(H,25,29)(H,26,28)/t20-,21-/m1/s1. The van der Waals surface area contributed by atoms with Crippen LogP contribution in [-0.2, 0) is 6.54 Å². The van der Waals surface area contributed by atoms with E-state index in [1.807, 2.05) is 35.2 Å². The van der Waals surface area contributed by atoms with Gasteiger partial charge in [-0.2, -0.15) is 0 Å². The third-order valence-electron chi connectivity index (χ3n) is 5.92. The van der Waals surface area contributed by atoms with Gasteiger partial charge < -0.3 is 15.5 Å². The molecule has 2 aromatic rings. The van der Waals surface area contributed by atoms with Gasteiger partial charge >= 0.3 is 6.03 Å².